The van der Waals surface area contributed by atoms with Crippen molar-refractivity contribution in [2.45, 2.75) is 38.1 Å². The number of rotatable bonds is 11. The number of aliphatic carboxylic acids is 1. The van der Waals surface area contributed by atoms with Crippen LogP contribution in [0.5, 0.6) is 23.0 Å². The lowest BCUT2D eigenvalue weighted by molar-refractivity contribution is -0.140. The van der Waals surface area contributed by atoms with Gasteiger partial charge in [-0.2, -0.15) is 5.26 Å². The lowest BCUT2D eigenvalue weighted by Gasteiger charge is -2.21. The molecule has 4 aromatic rings. The van der Waals surface area contributed by atoms with E-state index in [1.807, 2.05) is 24.3 Å². The Bertz CT molecular complexity index is 1830. The van der Waals surface area contributed by atoms with Crippen LogP contribution in [0, 0.1) is 17.1 Å². The van der Waals surface area contributed by atoms with Crippen molar-refractivity contribution in [2.24, 2.45) is 0 Å². The van der Waals surface area contributed by atoms with Crippen molar-refractivity contribution in [1.29, 1.82) is 5.26 Å². The molecule has 1 aromatic heterocycles. The van der Waals surface area contributed by atoms with E-state index in [0.29, 0.717) is 59.0 Å². The Hall–Kier alpha value is -4.89. The number of carbonyl (C=O) groups is 1. The third-order valence-electron chi connectivity index (χ3n) is 7.88. The number of aliphatic hydroxyl groups excluding tert-OH is 1. The number of nitrogens with zero attached hydrogens (tertiary/aromatic N) is 2. The third kappa shape index (κ3) is 6.41. The van der Waals surface area contributed by atoms with Gasteiger partial charge in [0.15, 0.2) is 17.3 Å². The zero-order valence-electron chi connectivity index (χ0n) is 24.5. The quantitative estimate of drug-likeness (QED) is 0.195. The molecule has 46 heavy (non-hydrogen) atoms. The number of hydrogen-bond acceptors (Lipinski definition) is 9. The molecule has 0 bridgehead atoms. The van der Waals surface area contributed by atoms with Crippen molar-refractivity contribution >= 4 is 17.6 Å². The summed E-state index contributed by atoms with van der Waals surface area (Å²) in [6.45, 7) is 0.139. The predicted molar refractivity (Wildman–Crippen MR) is 165 cm³/mol. The highest BCUT2D eigenvalue weighted by Crippen LogP contribution is 2.45. The smallest absolute Gasteiger partial charge is 0.323 e. The lowest BCUT2D eigenvalue weighted by atomic mass is 9.96. The summed E-state index contributed by atoms with van der Waals surface area (Å²) in [5.41, 5.74) is 4.60. The van der Waals surface area contributed by atoms with Crippen molar-refractivity contribution in [2.75, 3.05) is 19.8 Å². The molecular weight excluding hydrogens is 617 g/mol. The maximum atomic E-state index is 15.6. The van der Waals surface area contributed by atoms with Crippen LogP contribution in [-0.4, -0.2) is 47.0 Å². The van der Waals surface area contributed by atoms with E-state index < -0.39 is 24.4 Å². The average Bonchev–Trinajstić information content (AvgIpc) is 3.48. The molecule has 2 heterocycles. The van der Waals surface area contributed by atoms with E-state index in [4.69, 9.17) is 30.5 Å². The fourth-order valence-electron chi connectivity index (χ4n) is 5.62. The topological polar surface area (TPSA) is 143 Å². The predicted octanol–water partition coefficient (Wildman–Crippen LogP) is 5.36. The van der Waals surface area contributed by atoms with Crippen molar-refractivity contribution < 1.29 is 38.3 Å². The number of fused-ring (bicyclic) bond motifs is 2. The number of carboxylic acids is 1. The number of hydrogen-bond donors (Lipinski definition) is 3. The number of ether oxygens (including phenoxy) is 4. The molecule has 0 saturated carbocycles. The van der Waals surface area contributed by atoms with Gasteiger partial charge >= 0.3 is 5.97 Å². The summed E-state index contributed by atoms with van der Waals surface area (Å²) in [4.78, 5) is 15.5. The normalized spacial score (nSPS) is 15.5. The number of carboxylic acid groups (broad SMARTS) is 1. The number of benzene rings is 3. The van der Waals surface area contributed by atoms with Gasteiger partial charge in [0.2, 0.25) is 0 Å². The maximum absolute atomic E-state index is 15.6. The number of aromatic nitrogens is 1. The van der Waals surface area contributed by atoms with Gasteiger partial charge in [-0.25, -0.2) is 4.39 Å². The van der Waals surface area contributed by atoms with Gasteiger partial charge in [0.05, 0.1) is 17.2 Å². The molecule has 2 atom stereocenters. The highest BCUT2D eigenvalue weighted by atomic mass is 35.5. The second kappa shape index (κ2) is 13.6. The molecule has 0 unspecified atom stereocenters. The molecule has 1 aliphatic carbocycles. The minimum atomic E-state index is -1.20. The Morgan fingerprint density at radius 1 is 1.15 bits per heavy atom. The molecule has 10 nitrogen and oxygen atoms in total. The van der Waals surface area contributed by atoms with E-state index in [1.165, 1.54) is 6.20 Å². The van der Waals surface area contributed by atoms with E-state index in [1.54, 1.807) is 36.5 Å². The number of nitrogens with one attached hydrogen (secondary N) is 1. The van der Waals surface area contributed by atoms with Crippen LogP contribution in [0.4, 0.5) is 4.39 Å². The third-order valence-corrected chi connectivity index (χ3v) is 8.17. The zero-order chi connectivity index (χ0) is 32.2. The molecule has 236 valence electrons. The van der Waals surface area contributed by atoms with Crippen molar-refractivity contribution in [3.05, 3.63) is 99.6 Å². The second-order valence-electron chi connectivity index (χ2n) is 10.8. The monoisotopic (exact) mass is 645 g/mol. The van der Waals surface area contributed by atoms with Gasteiger partial charge in [-0.1, -0.05) is 29.8 Å². The first-order valence-corrected chi connectivity index (χ1v) is 15.0. The molecule has 0 fully saturated rings. The molecule has 0 saturated heterocycles. The molecule has 3 N–H and O–H groups in total. The Kier molecular flexibility index (Phi) is 9.21. The Morgan fingerprint density at radius 3 is 2.80 bits per heavy atom. The SMILES string of the molecule is N#Cc1cncc(COc2cc(O[C@H]3CCc4c(-c5ccc6c(c5F)OCCO6)cccc43)c(Cl)cc2CN[C@H](CO)C(=O)O)c1. The van der Waals surface area contributed by atoms with Crippen LogP contribution < -0.4 is 24.3 Å². The van der Waals surface area contributed by atoms with Gasteiger partial charge in [0.1, 0.15) is 49.5 Å². The fraction of sp³-hybridized carbons (Fsp3) is 0.265. The van der Waals surface area contributed by atoms with Crippen LogP contribution in [0.2, 0.25) is 5.02 Å². The van der Waals surface area contributed by atoms with Gasteiger partial charge in [-0.05, 0) is 53.8 Å². The average molecular weight is 646 g/mol. The van der Waals surface area contributed by atoms with Gasteiger partial charge in [-0.3, -0.25) is 15.1 Å². The van der Waals surface area contributed by atoms with Crippen molar-refractivity contribution in [1.82, 2.24) is 10.3 Å². The molecule has 0 spiro atoms. The molecule has 1 aliphatic heterocycles. The largest absolute Gasteiger partial charge is 0.488 e. The van der Waals surface area contributed by atoms with Crippen molar-refractivity contribution in [3.8, 4) is 40.2 Å². The summed E-state index contributed by atoms with van der Waals surface area (Å²) in [5.74, 6) is -0.463. The highest BCUT2D eigenvalue weighted by molar-refractivity contribution is 6.32. The van der Waals surface area contributed by atoms with Gasteiger partial charge in [0.25, 0.3) is 0 Å². The van der Waals surface area contributed by atoms with E-state index in [0.717, 1.165) is 16.7 Å². The van der Waals surface area contributed by atoms with Crippen LogP contribution in [-0.2, 0) is 24.4 Å². The van der Waals surface area contributed by atoms with E-state index in [9.17, 15) is 20.3 Å². The molecule has 0 radical (unpaired) electrons. The van der Waals surface area contributed by atoms with Crippen LogP contribution in [0.3, 0.4) is 0 Å². The van der Waals surface area contributed by atoms with Crippen LogP contribution >= 0.6 is 11.6 Å². The second-order valence-corrected chi connectivity index (χ2v) is 11.2. The number of nitriles is 1. The number of halogens is 2. The zero-order valence-corrected chi connectivity index (χ0v) is 25.2. The lowest BCUT2D eigenvalue weighted by Crippen LogP contribution is -2.39. The first-order valence-electron chi connectivity index (χ1n) is 14.6. The fourth-order valence-corrected chi connectivity index (χ4v) is 5.86. The highest BCUT2D eigenvalue weighted by Gasteiger charge is 2.30. The number of aliphatic hydroxyl groups is 1. The molecule has 0 amide bonds. The van der Waals surface area contributed by atoms with Crippen molar-refractivity contribution in [3.63, 3.8) is 0 Å². The van der Waals surface area contributed by atoms with Crippen LogP contribution in [0.1, 0.15) is 40.3 Å². The van der Waals surface area contributed by atoms with Gasteiger partial charge in [-0.15, -0.1) is 0 Å². The Morgan fingerprint density at radius 2 is 2.00 bits per heavy atom. The maximum Gasteiger partial charge on any atom is 0.323 e. The summed E-state index contributed by atoms with van der Waals surface area (Å²) in [6, 6.07) is 14.9. The molecule has 6 rings (SSSR count). The van der Waals surface area contributed by atoms with Crippen LogP contribution in [0.25, 0.3) is 11.1 Å². The summed E-state index contributed by atoms with van der Waals surface area (Å²) in [7, 11) is 0. The van der Waals surface area contributed by atoms with Crippen LogP contribution in [0.15, 0.2) is 60.9 Å². The standard InChI is InChI=1S/C34H29ClFN3O7/c35-26-11-21(16-39-27(17-40)34(41)42)30(45-18-20-10-19(13-37)14-38-15-20)12-31(26)46-28-6-4-23-22(2-1-3-24(23)28)25-5-7-29-33(32(25)36)44-9-8-43-29/h1-3,5,7,10-12,14-15,27-28,39-40H,4,6,8-9,16-18H2,(H,41,42)/t27-,28+/m1/s1. The summed E-state index contributed by atoms with van der Waals surface area (Å²) < 4.78 is 39.2. The minimum Gasteiger partial charge on any atom is -0.488 e. The summed E-state index contributed by atoms with van der Waals surface area (Å²) in [5, 5.41) is 31.1. The molecule has 3 aromatic carbocycles. The Labute approximate surface area is 268 Å². The van der Waals surface area contributed by atoms with E-state index >= 15 is 4.39 Å². The number of pyridine rings is 1. The Balaban J connectivity index is 1.28. The minimum absolute atomic E-state index is 0.0278. The first kappa shape index (κ1) is 31.1. The first-order chi connectivity index (χ1) is 22.4. The molecular formula is C34H29ClFN3O7. The van der Waals surface area contributed by atoms with E-state index in [2.05, 4.69) is 10.3 Å². The summed E-state index contributed by atoms with van der Waals surface area (Å²) >= 11 is 6.70. The molecule has 2 aliphatic rings. The summed E-state index contributed by atoms with van der Waals surface area (Å²) in [6.07, 6.45) is 3.91. The molecule has 12 heteroatoms. The van der Waals surface area contributed by atoms with E-state index in [-0.39, 0.29) is 36.6 Å². The van der Waals surface area contributed by atoms with Gasteiger partial charge in [0, 0.05) is 41.7 Å². The van der Waals surface area contributed by atoms with Gasteiger partial charge < -0.3 is 29.2 Å².